The summed E-state index contributed by atoms with van der Waals surface area (Å²) in [5.74, 6) is 0.510. The third kappa shape index (κ3) is 5.09. The zero-order valence-corrected chi connectivity index (χ0v) is 19.5. The number of ether oxygens (including phenoxy) is 1. The first kappa shape index (κ1) is 22.6. The molecule has 1 aromatic carbocycles. The van der Waals surface area contributed by atoms with Crippen molar-refractivity contribution in [2.24, 2.45) is 0 Å². The van der Waals surface area contributed by atoms with Gasteiger partial charge in [-0.3, -0.25) is 4.79 Å². The summed E-state index contributed by atoms with van der Waals surface area (Å²) in [6, 6.07) is 14.6. The van der Waals surface area contributed by atoms with E-state index in [1.807, 2.05) is 45.0 Å². The second kappa shape index (κ2) is 8.75. The molecule has 33 heavy (non-hydrogen) atoms. The van der Waals surface area contributed by atoms with Crippen LogP contribution < -0.4 is 4.74 Å². The third-order valence-electron chi connectivity index (χ3n) is 5.25. The maximum Gasteiger partial charge on any atom is 0.213 e. The number of benzene rings is 1. The van der Waals surface area contributed by atoms with E-state index in [2.05, 4.69) is 15.1 Å². The van der Waals surface area contributed by atoms with Crippen LogP contribution in [-0.4, -0.2) is 36.6 Å². The van der Waals surface area contributed by atoms with Crippen molar-refractivity contribution >= 4 is 11.4 Å². The summed E-state index contributed by atoms with van der Waals surface area (Å²) in [5, 5.41) is 14.7. The quantitative estimate of drug-likeness (QED) is 0.421. The first-order valence-electron chi connectivity index (χ1n) is 11.0. The molecule has 0 radical (unpaired) electrons. The Morgan fingerprint density at radius 2 is 1.85 bits per heavy atom. The Kier molecular flexibility index (Phi) is 5.99. The zero-order chi connectivity index (χ0) is 23.8. The Labute approximate surface area is 193 Å². The minimum absolute atomic E-state index is 0.0416. The van der Waals surface area contributed by atoms with E-state index < -0.39 is 5.60 Å². The summed E-state index contributed by atoms with van der Waals surface area (Å²) in [5.41, 5.74) is 4.20. The Bertz CT molecular complexity index is 1280. The maximum atomic E-state index is 13.0. The lowest BCUT2D eigenvalue weighted by molar-refractivity contribution is 0.0784. The Hall–Kier alpha value is -3.58. The van der Waals surface area contributed by atoms with E-state index in [1.165, 1.54) is 0 Å². The number of ketones is 1. The molecule has 4 aromatic rings. The lowest BCUT2D eigenvalue weighted by Gasteiger charge is -2.17. The number of fused-ring (bicyclic) bond motifs is 1. The van der Waals surface area contributed by atoms with Crippen LogP contribution in [0.15, 0.2) is 54.7 Å². The number of carbonyl (C=O) groups excluding carboxylic acids is 1. The van der Waals surface area contributed by atoms with E-state index in [0.717, 1.165) is 22.5 Å². The number of nitrogens with zero attached hydrogens (tertiary/aromatic N) is 4. The van der Waals surface area contributed by atoms with Crippen LogP contribution in [0.5, 0.6) is 5.88 Å². The lowest BCUT2D eigenvalue weighted by atomic mass is 9.96. The summed E-state index contributed by atoms with van der Waals surface area (Å²) >= 11 is 0. The predicted molar refractivity (Wildman–Crippen MR) is 126 cm³/mol. The standard InChI is InChI=1S/C26H28N4O3/c1-16(2)33-25-11-8-19(15-27-25)22-13-21(28-24-12-17(3)29-30(22)24)14-23(31)18-6-9-20(10-7-18)26(4,5)32/h6-13,15-16,32H,14H2,1-5H3. The van der Waals surface area contributed by atoms with Crippen molar-refractivity contribution in [2.75, 3.05) is 0 Å². The molecule has 0 saturated heterocycles. The molecule has 0 aliphatic carbocycles. The van der Waals surface area contributed by atoms with E-state index in [9.17, 15) is 9.90 Å². The van der Waals surface area contributed by atoms with Crippen LogP contribution in [-0.2, 0) is 12.0 Å². The van der Waals surface area contributed by atoms with Crippen molar-refractivity contribution in [3.05, 3.63) is 77.2 Å². The number of aromatic nitrogens is 4. The molecule has 0 bridgehead atoms. The summed E-state index contributed by atoms with van der Waals surface area (Å²) in [4.78, 5) is 22.0. The molecular weight excluding hydrogens is 416 g/mol. The number of Topliss-reactive ketones (excluding diaryl/α,β-unsaturated/α-hetero) is 1. The first-order valence-corrected chi connectivity index (χ1v) is 11.0. The highest BCUT2D eigenvalue weighted by Gasteiger charge is 2.18. The lowest BCUT2D eigenvalue weighted by Crippen LogP contribution is -2.15. The highest BCUT2D eigenvalue weighted by atomic mass is 16.5. The Morgan fingerprint density at radius 1 is 1.12 bits per heavy atom. The van der Waals surface area contributed by atoms with Gasteiger partial charge >= 0.3 is 0 Å². The number of pyridine rings is 1. The molecule has 0 unspecified atom stereocenters. The fraction of sp³-hybridized carbons (Fsp3) is 0.308. The SMILES string of the molecule is Cc1cc2nc(CC(=O)c3ccc(C(C)(C)O)cc3)cc(-c3ccc(OC(C)C)nc3)n2n1. The van der Waals surface area contributed by atoms with Gasteiger partial charge in [0.1, 0.15) is 0 Å². The van der Waals surface area contributed by atoms with Gasteiger partial charge in [-0.2, -0.15) is 5.10 Å². The topological polar surface area (TPSA) is 89.6 Å². The molecule has 0 amide bonds. The molecule has 0 fully saturated rings. The molecule has 7 nitrogen and oxygen atoms in total. The van der Waals surface area contributed by atoms with Crippen molar-refractivity contribution in [1.82, 2.24) is 19.6 Å². The molecule has 1 N–H and O–H groups in total. The smallest absolute Gasteiger partial charge is 0.213 e. The van der Waals surface area contributed by atoms with Crippen LogP contribution in [0.1, 0.15) is 55.0 Å². The van der Waals surface area contributed by atoms with Crippen LogP contribution >= 0.6 is 0 Å². The molecule has 0 saturated carbocycles. The van der Waals surface area contributed by atoms with Gasteiger partial charge in [0.15, 0.2) is 11.4 Å². The molecular formula is C26H28N4O3. The highest BCUT2D eigenvalue weighted by Crippen LogP contribution is 2.24. The van der Waals surface area contributed by atoms with E-state index >= 15 is 0 Å². The van der Waals surface area contributed by atoms with E-state index in [-0.39, 0.29) is 18.3 Å². The summed E-state index contributed by atoms with van der Waals surface area (Å²) in [6.07, 6.45) is 1.93. The van der Waals surface area contributed by atoms with Crippen molar-refractivity contribution in [3.8, 4) is 17.1 Å². The van der Waals surface area contributed by atoms with Gasteiger partial charge in [-0.05, 0) is 52.3 Å². The summed E-state index contributed by atoms with van der Waals surface area (Å²) in [7, 11) is 0. The van der Waals surface area contributed by atoms with Gasteiger partial charge in [0, 0.05) is 29.5 Å². The van der Waals surface area contributed by atoms with Crippen LogP contribution in [0.3, 0.4) is 0 Å². The second-order valence-electron chi connectivity index (χ2n) is 8.98. The molecule has 0 aliphatic heterocycles. The van der Waals surface area contributed by atoms with Crippen molar-refractivity contribution in [3.63, 3.8) is 0 Å². The molecule has 170 valence electrons. The number of aryl methyl sites for hydroxylation is 1. The van der Waals surface area contributed by atoms with E-state index in [0.29, 0.717) is 22.8 Å². The number of aliphatic hydroxyl groups is 1. The fourth-order valence-electron chi connectivity index (χ4n) is 3.61. The minimum Gasteiger partial charge on any atom is -0.475 e. The van der Waals surface area contributed by atoms with Gasteiger partial charge in [0.25, 0.3) is 0 Å². The fourth-order valence-corrected chi connectivity index (χ4v) is 3.61. The molecule has 0 aliphatic rings. The van der Waals surface area contributed by atoms with Gasteiger partial charge in [-0.25, -0.2) is 14.5 Å². The van der Waals surface area contributed by atoms with Gasteiger partial charge in [-0.15, -0.1) is 0 Å². The predicted octanol–water partition coefficient (Wildman–Crippen LogP) is 4.54. The summed E-state index contributed by atoms with van der Waals surface area (Å²) < 4.78 is 7.41. The number of hydrogen-bond acceptors (Lipinski definition) is 6. The maximum absolute atomic E-state index is 13.0. The molecule has 0 atom stereocenters. The van der Waals surface area contributed by atoms with Crippen molar-refractivity contribution in [1.29, 1.82) is 0 Å². The minimum atomic E-state index is -0.952. The molecule has 4 rings (SSSR count). The van der Waals surface area contributed by atoms with Gasteiger partial charge in [0.2, 0.25) is 5.88 Å². The molecule has 3 heterocycles. The Balaban J connectivity index is 1.66. The number of hydrogen-bond donors (Lipinski definition) is 1. The number of rotatable bonds is 7. The van der Waals surface area contributed by atoms with Gasteiger partial charge < -0.3 is 9.84 Å². The van der Waals surface area contributed by atoms with Crippen LogP contribution in [0.2, 0.25) is 0 Å². The van der Waals surface area contributed by atoms with E-state index in [1.54, 1.807) is 48.8 Å². The first-order chi connectivity index (χ1) is 15.6. The van der Waals surface area contributed by atoms with E-state index in [4.69, 9.17) is 4.74 Å². The van der Waals surface area contributed by atoms with Gasteiger partial charge in [0.05, 0.1) is 35.2 Å². The molecule has 7 heteroatoms. The normalized spacial score (nSPS) is 11.8. The van der Waals surface area contributed by atoms with Crippen molar-refractivity contribution in [2.45, 2.75) is 52.7 Å². The zero-order valence-electron chi connectivity index (χ0n) is 19.5. The van der Waals surface area contributed by atoms with Crippen LogP contribution in [0, 0.1) is 6.92 Å². The monoisotopic (exact) mass is 444 g/mol. The second-order valence-corrected chi connectivity index (χ2v) is 8.98. The highest BCUT2D eigenvalue weighted by molar-refractivity contribution is 5.97. The largest absolute Gasteiger partial charge is 0.475 e. The van der Waals surface area contributed by atoms with Crippen molar-refractivity contribution < 1.29 is 14.6 Å². The van der Waals surface area contributed by atoms with Gasteiger partial charge in [-0.1, -0.05) is 24.3 Å². The third-order valence-corrected chi connectivity index (χ3v) is 5.25. The van der Waals surface area contributed by atoms with Crippen LogP contribution in [0.4, 0.5) is 0 Å². The molecule has 0 spiro atoms. The molecule has 3 aromatic heterocycles. The average molecular weight is 445 g/mol. The summed E-state index contributed by atoms with van der Waals surface area (Å²) in [6.45, 7) is 9.25. The number of carbonyl (C=O) groups is 1. The Morgan fingerprint density at radius 3 is 2.45 bits per heavy atom. The average Bonchev–Trinajstić information content (AvgIpc) is 3.13. The van der Waals surface area contributed by atoms with Crippen LogP contribution in [0.25, 0.3) is 16.9 Å².